The minimum atomic E-state index is -0.544. The number of amides is 1. The van der Waals surface area contributed by atoms with Crippen LogP contribution >= 0.6 is 0 Å². The molecule has 0 bridgehead atoms. The Morgan fingerprint density at radius 1 is 1.38 bits per heavy atom. The highest BCUT2D eigenvalue weighted by Crippen LogP contribution is 2.12. The summed E-state index contributed by atoms with van der Waals surface area (Å²) in [5, 5.41) is 12.2. The fourth-order valence-corrected chi connectivity index (χ4v) is 1.75. The average Bonchev–Trinajstić information content (AvgIpc) is 2.46. The van der Waals surface area contributed by atoms with Crippen LogP contribution in [0.1, 0.15) is 12.0 Å². The first-order valence-corrected chi connectivity index (χ1v) is 6.93. The Kier molecular flexibility index (Phi) is 7.50. The molecule has 0 aromatic heterocycles. The number of carbonyl (C=O) groups is 1. The van der Waals surface area contributed by atoms with Crippen LogP contribution in [0, 0.1) is 0 Å². The Balaban J connectivity index is 2.36. The van der Waals surface area contributed by atoms with Crippen molar-refractivity contribution in [1.82, 2.24) is 5.32 Å². The van der Waals surface area contributed by atoms with Crippen molar-refractivity contribution in [3.63, 3.8) is 0 Å². The van der Waals surface area contributed by atoms with E-state index < -0.39 is 6.10 Å². The van der Waals surface area contributed by atoms with Crippen LogP contribution in [0.2, 0.25) is 0 Å². The van der Waals surface area contributed by atoms with Crippen LogP contribution in [0.3, 0.4) is 0 Å². The first kappa shape index (κ1) is 17.2. The minimum Gasteiger partial charge on any atom is -0.391 e. The molecule has 0 aliphatic rings. The molecule has 0 aliphatic carbocycles. The molecule has 0 saturated carbocycles. The predicted octanol–water partition coefficient (Wildman–Crippen LogP) is 1.28. The standard InChI is InChI=1S/C16H24N2O3/c1-18(2)14-7-4-13(5-8-14)6-9-16(20)17-11-10-15(19)12-21-3/h4-9,15,19H,10-12H2,1-3H3,(H,17,20)/b9-6+. The van der Waals surface area contributed by atoms with Gasteiger partial charge in [-0.2, -0.15) is 0 Å². The van der Waals surface area contributed by atoms with Gasteiger partial charge in [-0.3, -0.25) is 4.79 Å². The maximum Gasteiger partial charge on any atom is 0.244 e. The topological polar surface area (TPSA) is 61.8 Å². The maximum absolute atomic E-state index is 11.6. The predicted molar refractivity (Wildman–Crippen MR) is 85.3 cm³/mol. The van der Waals surface area contributed by atoms with Gasteiger partial charge in [-0.1, -0.05) is 12.1 Å². The second-order valence-corrected chi connectivity index (χ2v) is 5.01. The number of ether oxygens (including phenoxy) is 1. The van der Waals surface area contributed by atoms with Gasteiger partial charge in [0.05, 0.1) is 12.7 Å². The molecule has 116 valence electrons. The van der Waals surface area contributed by atoms with E-state index in [4.69, 9.17) is 4.74 Å². The summed E-state index contributed by atoms with van der Waals surface area (Å²) in [6.45, 7) is 0.706. The van der Waals surface area contributed by atoms with Gasteiger partial charge in [0.1, 0.15) is 0 Å². The van der Waals surface area contributed by atoms with Crippen LogP contribution < -0.4 is 10.2 Å². The Bertz CT molecular complexity index is 455. The summed E-state index contributed by atoms with van der Waals surface area (Å²) in [4.78, 5) is 13.6. The highest BCUT2D eigenvalue weighted by Gasteiger charge is 2.03. The van der Waals surface area contributed by atoms with Crippen LogP contribution in [0.4, 0.5) is 5.69 Å². The Hall–Kier alpha value is -1.85. The van der Waals surface area contributed by atoms with Crippen molar-refractivity contribution in [3.05, 3.63) is 35.9 Å². The number of benzene rings is 1. The fourth-order valence-electron chi connectivity index (χ4n) is 1.75. The summed E-state index contributed by atoms with van der Waals surface area (Å²) in [5.74, 6) is -0.170. The van der Waals surface area contributed by atoms with Crippen LogP contribution in [-0.2, 0) is 9.53 Å². The fraction of sp³-hybridized carbons (Fsp3) is 0.438. The van der Waals surface area contributed by atoms with Crippen molar-refractivity contribution in [2.45, 2.75) is 12.5 Å². The van der Waals surface area contributed by atoms with Crippen molar-refractivity contribution < 1.29 is 14.6 Å². The Morgan fingerprint density at radius 2 is 2.05 bits per heavy atom. The number of methoxy groups -OCH3 is 1. The van der Waals surface area contributed by atoms with E-state index in [9.17, 15) is 9.90 Å². The van der Waals surface area contributed by atoms with Crippen molar-refractivity contribution in [3.8, 4) is 0 Å². The zero-order valence-electron chi connectivity index (χ0n) is 12.9. The molecule has 21 heavy (non-hydrogen) atoms. The molecule has 5 heteroatoms. The summed E-state index contributed by atoms with van der Waals surface area (Å²) >= 11 is 0. The van der Waals surface area contributed by atoms with E-state index in [1.54, 1.807) is 6.08 Å². The number of carbonyl (C=O) groups excluding carboxylic acids is 1. The molecule has 0 radical (unpaired) electrons. The number of nitrogens with one attached hydrogen (secondary N) is 1. The number of aliphatic hydroxyl groups is 1. The van der Waals surface area contributed by atoms with E-state index in [1.165, 1.54) is 13.2 Å². The molecule has 1 amide bonds. The van der Waals surface area contributed by atoms with Gasteiger partial charge < -0.3 is 20.1 Å². The van der Waals surface area contributed by atoms with Crippen LogP contribution in [0.5, 0.6) is 0 Å². The van der Waals surface area contributed by atoms with Gasteiger partial charge in [0.2, 0.25) is 5.91 Å². The number of hydrogen-bond donors (Lipinski definition) is 2. The minimum absolute atomic E-state index is 0.170. The normalized spacial score (nSPS) is 12.4. The number of aliphatic hydroxyl groups excluding tert-OH is 1. The summed E-state index contributed by atoms with van der Waals surface area (Å²) < 4.78 is 4.81. The molecular weight excluding hydrogens is 268 g/mol. The summed E-state index contributed by atoms with van der Waals surface area (Å²) in [6.07, 6.45) is 3.19. The van der Waals surface area contributed by atoms with E-state index in [0.29, 0.717) is 13.0 Å². The molecule has 0 fully saturated rings. The summed E-state index contributed by atoms with van der Waals surface area (Å²) in [5.41, 5.74) is 2.08. The molecule has 0 spiro atoms. The van der Waals surface area contributed by atoms with Crippen LogP contribution in [0.15, 0.2) is 30.3 Å². The van der Waals surface area contributed by atoms with Gasteiger partial charge in [0, 0.05) is 39.5 Å². The van der Waals surface area contributed by atoms with E-state index in [2.05, 4.69) is 5.32 Å². The smallest absolute Gasteiger partial charge is 0.244 e. The van der Waals surface area contributed by atoms with Crippen molar-refractivity contribution in [2.75, 3.05) is 39.3 Å². The molecule has 0 aliphatic heterocycles. The second-order valence-electron chi connectivity index (χ2n) is 5.01. The number of hydrogen-bond acceptors (Lipinski definition) is 4. The summed E-state index contributed by atoms with van der Waals surface area (Å²) in [7, 11) is 5.50. The third kappa shape index (κ3) is 6.92. The van der Waals surface area contributed by atoms with E-state index in [-0.39, 0.29) is 12.5 Å². The molecule has 2 N–H and O–H groups in total. The zero-order chi connectivity index (χ0) is 15.7. The molecule has 1 unspecified atom stereocenters. The third-order valence-electron chi connectivity index (χ3n) is 2.97. The van der Waals surface area contributed by atoms with E-state index >= 15 is 0 Å². The van der Waals surface area contributed by atoms with Crippen LogP contribution in [0.25, 0.3) is 6.08 Å². The zero-order valence-corrected chi connectivity index (χ0v) is 12.9. The molecule has 5 nitrogen and oxygen atoms in total. The number of nitrogens with zero attached hydrogens (tertiary/aromatic N) is 1. The molecule has 0 heterocycles. The first-order valence-electron chi connectivity index (χ1n) is 6.93. The lowest BCUT2D eigenvalue weighted by Crippen LogP contribution is -2.27. The largest absolute Gasteiger partial charge is 0.391 e. The first-order chi connectivity index (χ1) is 10.0. The SMILES string of the molecule is COCC(O)CCNC(=O)/C=C/c1ccc(N(C)C)cc1. The third-order valence-corrected chi connectivity index (χ3v) is 2.97. The van der Waals surface area contributed by atoms with Crippen molar-refractivity contribution in [2.24, 2.45) is 0 Å². The monoisotopic (exact) mass is 292 g/mol. The van der Waals surface area contributed by atoms with Crippen molar-refractivity contribution >= 4 is 17.7 Å². The quantitative estimate of drug-likeness (QED) is 0.709. The number of anilines is 1. The molecule has 1 atom stereocenters. The molecular formula is C16H24N2O3. The molecule has 1 aromatic carbocycles. The Morgan fingerprint density at radius 3 is 2.62 bits per heavy atom. The van der Waals surface area contributed by atoms with Gasteiger partial charge in [-0.05, 0) is 30.2 Å². The van der Waals surface area contributed by atoms with Crippen molar-refractivity contribution in [1.29, 1.82) is 0 Å². The molecule has 1 aromatic rings. The molecule has 0 saturated heterocycles. The average molecular weight is 292 g/mol. The lowest BCUT2D eigenvalue weighted by atomic mass is 10.2. The highest BCUT2D eigenvalue weighted by molar-refractivity contribution is 5.91. The van der Waals surface area contributed by atoms with Gasteiger partial charge in [-0.15, -0.1) is 0 Å². The van der Waals surface area contributed by atoms with Gasteiger partial charge in [0.25, 0.3) is 0 Å². The maximum atomic E-state index is 11.6. The Labute approximate surface area is 126 Å². The lowest BCUT2D eigenvalue weighted by molar-refractivity contribution is -0.116. The van der Waals surface area contributed by atoms with Crippen LogP contribution in [-0.4, -0.2) is 51.5 Å². The molecule has 1 rings (SSSR count). The van der Waals surface area contributed by atoms with Gasteiger partial charge in [0.15, 0.2) is 0 Å². The van der Waals surface area contributed by atoms with E-state index in [0.717, 1.165) is 11.3 Å². The lowest BCUT2D eigenvalue weighted by Gasteiger charge is -2.11. The van der Waals surface area contributed by atoms with Gasteiger partial charge in [-0.25, -0.2) is 0 Å². The highest BCUT2D eigenvalue weighted by atomic mass is 16.5. The van der Waals surface area contributed by atoms with E-state index in [1.807, 2.05) is 43.3 Å². The van der Waals surface area contributed by atoms with Gasteiger partial charge >= 0.3 is 0 Å². The summed E-state index contributed by atoms with van der Waals surface area (Å²) in [6, 6.07) is 7.92. The number of rotatable bonds is 8. The second kappa shape index (κ2) is 9.15.